The van der Waals surface area contributed by atoms with E-state index in [4.69, 9.17) is 23.2 Å². The normalized spacial score (nSPS) is 14.2. The fraction of sp³-hybridized carbons (Fsp3) is 0.467. The molecule has 2 amide bonds. The maximum atomic E-state index is 11.8. The lowest BCUT2D eigenvalue weighted by molar-refractivity contribution is -0.130. The van der Waals surface area contributed by atoms with Crippen LogP contribution in [0.25, 0.3) is 0 Å². The van der Waals surface area contributed by atoms with E-state index in [-0.39, 0.29) is 17.6 Å². The second kappa shape index (κ2) is 8.65. The average Bonchev–Trinajstić information content (AvgIpc) is 3.02. The van der Waals surface area contributed by atoms with Crippen molar-refractivity contribution in [3.63, 3.8) is 0 Å². The van der Waals surface area contributed by atoms with Crippen LogP contribution in [-0.2, 0) is 9.59 Å². The van der Waals surface area contributed by atoms with Crippen molar-refractivity contribution in [3.8, 4) is 0 Å². The Bertz CT molecular complexity index is 548. The van der Waals surface area contributed by atoms with Crippen molar-refractivity contribution < 1.29 is 9.59 Å². The van der Waals surface area contributed by atoms with Crippen LogP contribution >= 0.6 is 35.0 Å². The fourth-order valence-corrected chi connectivity index (χ4v) is 3.54. The standard InChI is InChI=1S/C15H18Cl2N2O2S/c16-11-3-4-12(17)13(9-11)22-10-14(20)18-6-5-15(21)19-7-1-2-8-19/h3-4,9H,1-2,5-8,10H2,(H,18,20). The Morgan fingerprint density at radius 2 is 1.95 bits per heavy atom. The van der Waals surface area contributed by atoms with Gasteiger partial charge in [0.15, 0.2) is 0 Å². The van der Waals surface area contributed by atoms with Gasteiger partial charge in [-0.2, -0.15) is 0 Å². The molecule has 4 nitrogen and oxygen atoms in total. The molecule has 1 heterocycles. The first-order chi connectivity index (χ1) is 10.6. The summed E-state index contributed by atoms with van der Waals surface area (Å²) >= 11 is 13.3. The molecule has 7 heteroatoms. The molecule has 0 unspecified atom stereocenters. The van der Waals surface area contributed by atoms with Gasteiger partial charge < -0.3 is 10.2 Å². The summed E-state index contributed by atoms with van der Waals surface area (Å²) in [6.45, 7) is 2.06. The molecule has 0 atom stereocenters. The molecule has 0 saturated carbocycles. The van der Waals surface area contributed by atoms with Gasteiger partial charge in [0.2, 0.25) is 11.8 Å². The highest BCUT2D eigenvalue weighted by Gasteiger charge is 2.17. The lowest BCUT2D eigenvalue weighted by Gasteiger charge is -2.15. The van der Waals surface area contributed by atoms with E-state index in [1.165, 1.54) is 11.8 Å². The van der Waals surface area contributed by atoms with Crippen LogP contribution in [0.1, 0.15) is 19.3 Å². The third kappa shape index (κ3) is 5.38. The van der Waals surface area contributed by atoms with E-state index in [9.17, 15) is 9.59 Å². The van der Waals surface area contributed by atoms with Crippen LogP contribution in [0.3, 0.4) is 0 Å². The molecule has 0 spiro atoms. The minimum Gasteiger partial charge on any atom is -0.355 e. The van der Waals surface area contributed by atoms with Gasteiger partial charge in [-0.15, -0.1) is 11.8 Å². The molecule has 0 bridgehead atoms. The molecule has 120 valence electrons. The first-order valence-electron chi connectivity index (χ1n) is 7.18. The number of carbonyl (C=O) groups excluding carboxylic acids is 2. The number of benzene rings is 1. The number of amides is 2. The van der Waals surface area contributed by atoms with Gasteiger partial charge in [-0.05, 0) is 31.0 Å². The van der Waals surface area contributed by atoms with Crippen LogP contribution < -0.4 is 5.32 Å². The SMILES string of the molecule is O=C(CSc1cc(Cl)ccc1Cl)NCCC(=O)N1CCCC1. The van der Waals surface area contributed by atoms with Gasteiger partial charge in [0.1, 0.15) is 0 Å². The molecule has 0 aliphatic carbocycles. The molecular formula is C15H18Cl2N2O2S. The largest absolute Gasteiger partial charge is 0.355 e. The average molecular weight is 361 g/mol. The molecule has 0 aromatic heterocycles. The monoisotopic (exact) mass is 360 g/mol. The zero-order chi connectivity index (χ0) is 15.9. The third-order valence-corrected chi connectivity index (χ3v) is 5.10. The summed E-state index contributed by atoms with van der Waals surface area (Å²) in [4.78, 5) is 26.2. The predicted molar refractivity (Wildman–Crippen MR) is 90.6 cm³/mol. The second-order valence-electron chi connectivity index (χ2n) is 5.05. The maximum Gasteiger partial charge on any atom is 0.230 e. The van der Waals surface area contributed by atoms with E-state index >= 15 is 0 Å². The van der Waals surface area contributed by atoms with Gasteiger partial charge in [-0.3, -0.25) is 9.59 Å². The maximum absolute atomic E-state index is 11.8. The number of carbonyl (C=O) groups is 2. The van der Waals surface area contributed by atoms with Crippen molar-refractivity contribution in [1.29, 1.82) is 0 Å². The zero-order valence-corrected chi connectivity index (χ0v) is 14.4. The van der Waals surface area contributed by atoms with Gasteiger partial charge in [-0.1, -0.05) is 23.2 Å². The number of hydrogen-bond acceptors (Lipinski definition) is 3. The first-order valence-corrected chi connectivity index (χ1v) is 8.93. The van der Waals surface area contributed by atoms with Gasteiger partial charge in [0.25, 0.3) is 0 Å². The molecule has 1 aromatic rings. The Labute approximate surface area is 144 Å². The molecule has 1 aliphatic rings. The molecule has 1 N–H and O–H groups in total. The van der Waals surface area contributed by atoms with Crippen LogP contribution in [0, 0.1) is 0 Å². The number of likely N-dealkylation sites (tertiary alicyclic amines) is 1. The molecule has 1 aliphatic heterocycles. The van der Waals surface area contributed by atoms with Crippen molar-refractivity contribution >= 4 is 46.8 Å². The van der Waals surface area contributed by atoms with E-state index in [2.05, 4.69) is 5.32 Å². The Balaban J connectivity index is 1.67. The van der Waals surface area contributed by atoms with Crippen molar-refractivity contribution in [2.24, 2.45) is 0 Å². The highest BCUT2D eigenvalue weighted by atomic mass is 35.5. The number of nitrogens with one attached hydrogen (secondary N) is 1. The molecular weight excluding hydrogens is 343 g/mol. The Morgan fingerprint density at radius 3 is 2.68 bits per heavy atom. The number of thioether (sulfide) groups is 1. The first kappa shape index (κ1) is 17.4. The molecule has 1 saturated heterocycles. The summed E-state index contributed by atoms with van der Waals surface area (Å²) in [5, 5.41) is 3.92. The Morgan fingerprint density at radius 1 is 1.23 bits per heavy atom. The van der Waals surface area contributed by atoms with Gasteiger partial charge in [0.05, 0.1) is 10.8 Å². The zero-order valence-electron chi connectivity index (χ0n) is 12.1. The predicted octanol–water partition coefficient (Wildman–Crippen LogP) is 3.21. The molecule has 2 rings (SSSR count). The molecule has 0 radical (unpaired) electrons. The van der Waals surface area contributed by atoms with Crippen molar-refractivity contribution in [1.82, 2.24) is 10.2 Å². The van der Waals surface area contributed by atoms with Crippen LogP contribution in [-0.4, -0.2) is 42.1 Å². The number of rotatable bonds is 6. The molecule has 22 heavy (non-hydrogen) atoms. The highest BCUT2D eigenvalue weighted by molar-refractivity contribution is 8.00. The van der Waals surface area contributed by atoms with Gasteiger partial charge in [-0.25, -0.2) is 0 Å². The summed E-state index contributed by atoms with van der Waals surface area (Å²) in [7, 11) is 0. The van der Waals surface area contributed by atoms with Crippen LogP contribution in [0.15, 0.2) is 23.1 Å². The number of halogens is 2. The van der Waals surface area contributed by atoms with E-state index in [0.29, 0.717) is 23.0 Å². The van der Waals surface area contributed by atoms with Crippen LogP contribution in [0.4, 0.5) is 0 Å². The summed E-state index contributed by atoms with van der Waals surface area (Å²) in [6.07, 6.45) is 2.51. The van der Waals surface area contributed by atoms with Crippen molar-refractivity contribution in [3.05, 3.63) is 28.2 Å². The van der Waals surface area contributed by atoms with E-state index in [1.807, 2.05) is 4.90 Å². The minimum atomic E-state index is -0.115. The van der Waals surface area contributed by atoms with Gasteiger partial charge in [0, 0.05) is 36.0 Å². The summed E-state index contributed by atoms with van der Waals surface area (Å²) < 4.78 is 0. The lowest BCUT2D eigenvalue weighted by Crippen LogP contribution is -2.33. The summed E-state index contributed by atoms with van der Waals surface area (Å²) in [5.41, 5.74) is 0. The van der Waals surface area contributed by atoms with Crippen LogP contribution in [0.5, 0.6) is 0 Å². The summed E-state index contributed by atoms with van der Waals surface area (Å²) in [6, 6.07) is 5.15. The number of hydrogen-bond donors (Lipinski definition) is 1. The lowest BCUT2D eigenvalue weighted by atomic mass is 10.3. The Hall–Kier alpha value is -0.910. The van der Waals surface area contributed by atoms with E-state index in [0.717, 1.165) is 30.8 Å². The Kier molecular flexibility index (Phi) is 6.86. The number of nitrogens with zero attached hydrogens (tertiary/aromatic N) is 1. The second-order valence-corrected chi connectivity index (χ2v) is 6.91. The van der Waals surface area contributed by atoms with Crippen molar-refractivity contribution in [2.75, 3.05) is 25.4 Å². The van der Waals surface area contributed by atoms with Crippen molar-refractivity contribution in [2.45, 2.75) is 24.2 Å². The molecule has 1 fully saturated rings. The highest BCUT2D eigenvalue weighted by Crippen LogP contribution is 2.29. The molecule has 1 aromatic carbocycles. The van der Waals surface area contributed by atoms with E-state index in [1.54, 1.807) is 18.2 Å². The fourth-order valence-electron chi connectivity index (χ4n) is 2.22. The van der Waals surface area contributed by atoms with Gasteiger partial charge >= 0.3 is 0 Å². The smallest absolute Gasteiger partial charge is 0.230 e. The van der Waals surface area contributed by atoms with E-state index < -0.39 is 0 Å². The van der Waals surface area contributed by atoms with Crippen LogP contribution in [0.2, 0.25) is 10.0 Å². The quantitative estimate of drug-likeness (QED) is 0.792. The topological polar surface area (TPSA) is 49.4 Å². The minimum absolute atomic E-state index is 0.114. The summed E-state index contributed by atoms with van der Waals surface area (Å²) in [5.74, 6) is 0.247. The third-order valence-electron chi connectivity index (χ3n) is 3.37.